The number of hydrogen-bond donors (Lipinski definition) is 0. The molecular weight excluding hydrogens is 160 g/mol. The Hall–Kier alpha value is -0.180. The maximum absolute atomic E-state index is 12.5. The summed E-state index contributed by atoms with van der Waals surface area (Å²) in [5, 5.41) is 0. The molecule has 1 rings (SSSR count). The van der Waals surface area contributed by atoms with Crippen LogP contribution < -0.4 is 0 Å². The molecule has 0 aliphatic carbocycles. The van der Waals surface area contributed by atoms with Crippen LogP contribution in [0.1, 0.15) is 33.6 Å². The van der Waals surface area contributed by atoms with Crippen molar-refractivity contribution in [3.05, 3.63) is 0 Å². The molecule has 3 heteroatoms. The van der Waals surface area contributed by atoms with Crippen molar-refractivity contribution in [2.75, 3.05) is 6.54 Å². The van der Waals surface area contributed by atoms with Crippen LogP contribution in [0.4, 0.5) is 8.78 Å². The number of alkyl halides is 2. The summed E-state index contributed by atoms with van der Waals surface area (Å²) in [7, 11) is 0. The van der Waals surface area contributed by atoms with Gasteiger partial charge in [-0.05, 0) is 40.2 Å². The Labute approximate surface area is 72.7 Å². The summed E-state index contributed by atoms with van der Waals surface area (Å²) in [6, 6.07) is -0.509. The van der Waals surface area contributed by atoms with Crippen LogP contribution in [0, 0.1) is 0 Å². The van der Waals surface area contributed by atoms with Gasteiger partial charge in [0.1, 0.15) is 0 Å². The van der Waals surface area contributed by atoms with E-state index in [1.165, 1.54) is 0 Å². The first-order valence-electron chi connectivity index (χ1n) is 4.48. The van der Waals surface area contributed by atoms with E-state index >= 15 is 0 Å². The largest absolute Gasteiger partial charge is 0.290 e. The summed E-state index contributed by atoms with van der Waals surface area (Å²) >= 11 is 0. The molecule has 0 saturated carbocycles. The molecule has 0 unspecified atom stereocenters. The Morgan fingerprint density at radius 2 is 1.92 bits per heavy atom. The number of hydrogen-bond acceptors (Lipinski definition) is 1. The molecule has 0 aromatic rings. The Morgan fingerprint density at radius 3 is 2.25 bits per heavy atom. The second-order valence-electron chi connectivity index (χ2n) is 4.41. The van der Waals surface area contributed by atoms with Gasteiger partial charge in [-0.3, -0.25) is 4.90 Å². The van der Waals surface area contributed by atoms with Crippen molar-refractivity contribution >= 4 is 0 Å². The van der Waals surface area contributed by atoms with E-state index < -0.39 is 12.5 Å². The molecule has 0 bridgehead atoms. The third-order valence-corrected chi connectivity index (χ3v) is 2.45. The molecule has 1 saturated heterocycles. The van der Waals surface area contributed by atoms with Gasteiger partial charge < -0.3 is 0 Å². The molecule has 1 aliphatic heterocycles. The minimum Gasteiger partial charge on any atom is -0.290 e. The summed E-state index contributed by atoms with van der Waals surface area (Å²) in [6.07, 6.45) is -0.631. The SMILES string of the molecule is CC(C)(C)N1CCC[C@@H]1C(F)F. The van der Waals surface area contributed by atoms with Crippen molar-refractivity contribution in [3.63, 3.8) is 0 Å². The fourth-order valence-corrected chi connectivity index (χ4v) is 1.89. The van der Waals surface area contributed by atoms with Gasteiger partial charge in [-0.2, -0.15) is 0 Å². The number of nitrogens with zero attached hydrogens (tertiary/aromatic N) is 1. The first-order chi connectivity index (χ1) is 5.43. The van der Waals surface area contributed by atoms with Crippen molar-refractivity contribution in [2.24, 2.45) is 0 Å². The molecule has 1 fully saturated rings. The molecule has 0 spiro atoms. The summed E-state index contributed by atoms with van der Waals surface area (Å²) in [5.74, 6) is 0. The highest BCUT2D eigenvalue weighted by Crippen LogP contribution is 2.29. The summed E-state index contributed by atoms with van der Waals surface area (Å²) in [6.45, 7) is 6.80. The zero-order chi connectivity index (χ0) is 9.35. The van der Waals surface area contributed by atoms with Gasteiger partial charge in [-0.15, -0.1) is 0 Å². The Kier molecular flexibility index (Phi) is 2.71. The standard InChI is InChI=1S/C9H17F2N/c1-9(2,3)12-6-4-5-7(12)8(10)11/h7-8H,4-6H2,1-3H3/t7-/m1/s1. The number of halogens is 2. The minimum atomic E-state index is -2.19. The minimum absolute atomic E-state index is 0.113. The number of likely N-dealkylation sites (tertiary alicyclic amines) is 1. The summed E-state index contributed by atoms with van der Waals surface area (Å²) < 4.78 is 25.0. The summed E-state index contributed by atoms with van der Waals surface area (Å²) in [4.78, 5) is 1.91. The predicted octanol–water partition coefficient (Wildman–Crippen LogP) is 2.51. The average molecular weight is 177 g/mol. The first kappa shape index (κ1) is 9.90. The lowest BCUT2D eigenvalue weighted by atomic mass is 10.0. The molecule has 0 amide bonds. The van der Waals surface area contributed by atoms with Gasteiger partial charge in [0.05, 0.1) is 6.04 Å². The molecule has 0 aromatic heterocycles. The van der Waals surface area contributed by atoms with Crippen LogP contribution in [0.15, 0.2) is 0 Å². The zero-order valence-electron chi connectivity index (χ0n) is 7.98. The van der Waals surface area contributed by atoms with Gasteiger partial charge in [-0.25, -0.2) is 8.78 Å². The molecule has 1 heterocycles. The second kappa shape index (κ2) is 3.29. The van der Waals surface area contributed by atoms with Crippen LogP contribution in [0.2, 0.25) is 0 Å². The van der Waals surface area contributed by atoms with Crippen LogP contribution in [-0.4, -0.2) is 29.5 Å². The zero-order valence-corrected chi connectivity index (χ0v) is 7.98. The topological polar surface area (TPSA) is 3.24 Å². The molecule has 1 nitrogen and oxygen atoms in total. The van der Waals surface area contributed by atoms with E-state index in [1.54, 1.807) is 0 Å². The molecule has 12 heavy (non-hydrogen) atoms. The van der Waals surface area contributed by atoms with E-state index in [2.05, 4.69) is 0 Å². The van der Waals surface area contributed by atoms with Gasteiger partial charge in [0.2, 0.25) is 0 Å². The van der Waals surface area contributed by atoms with Crippen LogP contribution in [0.5, 0.6) is 0 Å². The normalized spacial score (nSPS) is 27.0. The van der Waals surface area contributed by atoms with E-state index in [9.17, 15) is 8.78 Å². The van der Waals surface area contributed by atoms with Gasteiger partial charge in [0, 0.05) is 5.54 Å². The van der Waals surface area contributed by atoms with Gasteiger partial charge in [0.25, 0.3) is 6.43 Å². The van der Waals surface area contributed by atoms with Crippen LogP contribution in [-0.2, 0) is 0 Å². The maximum atomic E-state index is 12.5. The molecule has 0 N–H and O–H groups in total. The lowest BCUT2D eigenvalue weighted by Crippen LogP contribution is -2.47. The fourth-order valence-electron chi connectivity index (χ4n) is 1.89. The second-order valence-corrected chi connectivity index (χ2v) is 4.41. The third kappa shape index (κ3) is 1.94. The van der Waals surface area contributed by atoms with Crippen molar-refractivity contribution < 1.29 is 8.78 Å². The predicted molar refractivity (Wildman–Crippen MR) is 45.5 cm³/mol. The van der Waals surface area contributed by atoms with Crippen LogP contribution >= 0.6 is 0 Å². The van der Waals surface area contributed by atoms with Crippen LogP contribution in [0.3, 0.4) is 0 Å². The molecule has 72 valence electrons. The van der Waals surface area contributed by atoms with Crippen molar-refractivity contribution in [3.8, 4) is 0 Å². The highest BCUT2D eigenvalue weighted by Gasteiger charge is 2.37. The lowest BCUT2D eigenvalue weighted by Gasteiger charge is -2.36. The quantitative estimate of drug-likeness (QED) is 0.595. The van der Waals surface area contributed by atoms with Gasteiger partial charge >= 0.3 is 0 Å². The average Bonchev–Trinajstić information content (AvgIpc) is 2.30. The Bertz CT molecular complexity index is 151. The molecule has 0 aromatic carbocycles. The summed E-state index contributed by atoms with van der Waals surface area (Å²) in [5.41, 5.74) is -0.113. The highest BCUT2D eigenvalue weighted by molar-refractivity contribution is 4.89. The molecule has 1 atom stereocenters. The third-order valence-electron chi connectivity index (χ3n) is 2.45. The first-order valence-corrected chi connectivity index (χ1v) is 4.48. The van der Waals surface area contributed by atoms with Crippen molar-refractivity contribution in [1.82, 2.24) is 4.90 Å². The maximum Gasteiger partial charge on any atom is 0.253 e. The van der Waals surface area contributed by atoms with Gasteiger partial charge in [0.15, 0.2) is 0 Å². The monoisotopic (exact) mass is 177 g/mol. The number of rotatable bonds is 1. The molecule has 0 radical (unpaired) electrons. The van der Waals surface area contributed by atoms with E-state index in [-0.39, 0.29) is 5.54 Å². The van der Waals surface area contributed by atoms with E-state index in [1.807, 2.05) is 25.7 Å². The van der Waals surface area contributed by atoms with E-state index in [4.69, 9.17) is 0 Å². The van der Waals surface area contributed by atoms with Gasteiger partial charge in [-0.1, -0.05) is 0 Å². The van der Waals surface area contributed by atoms with E-state index in [0.29, 0.717) is 6.42 Å². The fraction of sp³-hybridized carbons (Fsp3) is 1.00. The molecule has 1 aliphatic rings. The Morgan fingerprint density at radius 1 is 1.33 bits per heavy atom. The molecular formula is C9H17F2N. The van der Waals surface area contributed by atoms with Crippen LogP contribution in [0.25, 0.3) is 0 Å². The Balaban J connectivity index is 2.64. The van der Waals surface area contributed by atoms with E-state index in [0.717, 1.165) is 13.0 Å². The lowest BCUT2D eigenvalue weighted by molar-refractivity contribution is 0.00622. The highest BCUT2D eigenvalue weighted by atomic mass is 19.3. The van der Waals surface area contributed by atoms with Crippen molar-refractivity contribution in [1.29, 1.82) is 0 Å². The van der Waals surface area contributed by atoms with Crippen molar-refractivity contribution in [2.45, 2.75) is 51.6 Å². The smallest absolute Gasteiger partial charge is 0.253 e.